The maximum absolute atomic E-state index is 12.5. The van der Waals surface area contributed by atoms with Gasteiger partial charge in [-0.1, -0.05) is 20.4 Å². The second-order valence-electron chi connectivity index (χ2n) is 6.71. The van der Waals surface area contributed by atoms with E-state index in [-0.39, 0.29) is 18.2 Å². The Labute approximate surface area is 159 Å². The molecule has 0 saturated carbocycles. The van der Waals surface area contributed by atoms with E-state index in [4.69, 9.17) is 11.5 Å². The van der Waals surface area contributed by atoms with Crippen molar-refractivity contribution in [2.24, 2.45) is 17.4 Å². The Bertz CT molecular complexity index is 564. The Balaban J connectivity index is 5.10. The van der Waals surface area contributed by atoms with Crippen molar-refractivity contribution in [2.45, 2.75) is 58.7 Å². The Morgan fingerprint density at radius 2 is 1.56 bits per heavy atom. The van der Waals surface area contributed by atoms with Crippen molar-refractivity contribution in [3.8, 4) is 0 Å². The molecule has 0 rings (SSSR count). The van der Waals surface area contributed by atoms with Crippen molar-refractivity contribution >= 4 is 23.6 Å². The van der Waals surface area contributed by atoms with Crippen LogP contribution in [0.25, 0.3) is 0 Å². The highest BCUT2D eigenvalue weighted by Gasteiger charge is 2.28. The van der Waals surface area contributed by atoms with E-state index < -0.39 is 35.8 Å². The number of nitrogens with one attached hydrogen (secondary N) is 4. The fourth-order valence-corrected chi connectivity index (χ4v) is 2.22. The topological polar surface area (TPSA) is 168 Å². The second kappa shape index (κ2) is 11.8. The monoisotopic (exact) mass is 384 g/mol. The van der Waals surface area contributed by atoms with Gasteiger partial charge in [0.2, 0.25) is 23.6 Å². The lowest BCUT2D eigenvalue weighted by Gasteiger charge is -2.25. The van der Waals surface area contributed by atoms with Crippen molar-refractivity contribution in [3.05, 3.63) is 12.4 Å². The molecule has 0 aromatic carbocycles. The minimum absolute atomic E-state index is 0.176. The smallest absolute Gasteiger partial charge is 0.243 e. The lowest BCUT2D eigenvalue weighted by Crippen LogP contribution is -2.56. The molecule has 4 amide bonds. The summed E-state index contributed by atoms with van der Waals surface area (Å²) in [5.41, 5.74) is 10.6. The van der Waals surface area contributed by atoms with Crippen LogP contribution in [0, 0.1) is 5.92 Å². The van der Waals surface area contributed by atoms with Crippen LogP contribution in [0.1, 0.15) is 40.5 Å². The first kappa shape index (κ1) is 24.2. The largest absolute Gasteiger partial charge is 0.386 e. The van der Waals surface area contributed by atoms with Crippen LogP contribution in [0.3, 0.4) is 0 Å². The zero-order chi connectivity index (χ0) is 21.1. The van der Waals surface area contributed by atoms with Crippen LogP contribution in [-0.2, 0) is 19.2 Å². The summed E-state index contributed by atoms with van der Waals surface area (Å²) in [4.78, 5) is 47.5. The zero-order valence-electron chi connectivity index (χ0n) is 16.4. The highest BCUT2D eigenvalue weighted by Crippen LogP contribution is 2.05. The van der Waals surface area contributed by atoms with Gasteiger partial charge in [0.1, 0.15) is 18.1 Å². The van der Waals surface area contributed by atoms with Crippen molar-refractivity contribution in [1.29, 1.82) is 0 Å². The minimum atomic E-state index is -0.901. The Kier molecular flexibility index (Phi) is 10.6. The highest BCUT2D eigenvalue weighted by atomic mass is 16.2. The van der Waals surface area contributed by atoms with Gasteiger partial charge in [-0.2, -0.15) is 0 Å². The highest BCUT2D eigenvalue weighted by molar-refractivity contribution is 5.93. The standard InChI is InChI=1S/C17H32N6O4/c1-9(2)14(22-12(5)24)17(27)23-13(7-6-8-20-11(4)18)16(26)21-10(3)15(19)25/h9-10,13-14,20H,4,6-8,18H2,1-3,5H3,(H2,19,25)(H,21,26)(H,22,24)(H,23,27)/t10-,13-,14-/m0/s1. The molecular weight excluding hydrogens is 352 g/mol. The predicted molar refractivity (Wildman–Crippen MR) is 102 cm³/mol. The molecule has 0 fully saturated rings. The molecule has 0 aliphatic rings. The molecule has 0 radical (unpaired) electrons. The van der Waals surface area contributed by atoms with E-state index in [1.807, 2.05) is 0 Å². The molecule has 10 nitrogen and oxygen atoms in total. The zero-order valence-corrected chi connectivity index (χ0v) is 16.4. The lowest BCUT2D eigenvalue weighted by molar-refractivity contribution is -0.133. The van der Waals surface area contributed by atoms with Gasteiger partial charge < -0.3 is 32.7 Å². The quantitative estimate of drug-likeness (QED) is 0.222. The van der Waals surface area contributed by atoms with Crippen LogP contribution in [-0.4, -0.2) is 48.3 Å². The first-order valence-corrected chi connectivity index (χ1v) is 8.81. The number of primary amides is 1. The number of rotatable bonds is 12. The molecule has 0 aromatic rings. The third-order valence-corrected chi connectivity index (χ3v) is 3.75. The molecular formula is C17H32N6O4. The number of carbonyl (C=O) groups excluding carboxylic acids is 4. The van der Waals surface area contributed by atoms with Crippen LogP contribution in [0.4, 0.5) is 0 Å². The van der Waals surface area contributed by atoms with Crippen LogP contribution < -0.4 is 32.7 Å². The maximum Gasteiger partial charge on any atom is 0.243 e. The van der Waals surface area contributed by atoms with Gasteiger partial charge in [0, 0.05) is 13.5 Å². The summed E-state index contributed by atoms with van der Waals surface area (Å²) in [6.45, 7) is 10.3. The van der Waals surface area contributed by atoms with Crippen LogP contribution in [0.15, 0.2) is 12.4 Å². The second-order valence-corrected chi connectivity index (χ2v) is 6.71. The third kappa shape index (κ3) is 10.1. The summed E-state index contributed by atoms with van der Waals surface area (Å²) in [5, 5.41) is 10.5. The summed E-state index contributed by atoms with van der Waals surface area (Å²) >= 11 is 0. The summed E-state index contributed by atoms with van der Waals surface area (Å²) in [6, 6.07) is -2.56. The van der Waals surface area contributed by atoms with E-state index in [1.54, 1.807) is 13.8 Å². The Morgan fingerprint density at radius 3 is 2.00 bits per heavy atom. The number of hydrogen-bond donors (Lipinski definition) is 6. The number of carbonyl (C=O) groups is 4. The third-order valence-electron chi connectivity index (χ3n) is 3.75. The molecule has 0 heterocycles. The molecule has 154 valence electrons. The Hall–Kier alpha value is -2.78. The van der Waals surface area contributed by atoms with Crippen molar-refractivity contribution in [3.63, 3.8) is 0 Å². The number of hydrogen-bond acceptors (Lipinski definition) is 6. The Morgan fingerprint density at radius 1 is 0.963 bits per heavy atom. The number of amides is 4. The van der Waals surface area contributed by atoms with Crippen molar-refractivity contribution in [2.75, 3.05) is 6.54 Å². The van der Waals surface area contributed by atoms with Gasteiger partial charge in [0.15, 0.2) is 0 Å². The van der Waals surface area contributed by atoms with Gasteiger partial charge in [-0.15, -0.1) is 0 Å². The fraction of sp³-hybridized carbons (Fsp3) is 0.647. The molecule has 27 heavy (non-hydrogen) atoms. The van der Waals surface area contributed by atoms with E-state index in [0.29, 0.717) is 18.8 Å². The molecule has 0 unspecified atom stereocenters. The first-order chi connectivity index (χ1) is 12.5. The van der Waals surface area contributed by atoms with Crippen LogP contribution >= 0.6 is 0 Å². The van der Waals surface area contributed by atoms with E-state index in [1.165, 1.54) is 13.8 Å². The summed E-state index contributed by atoms with van der Waals surface area (Å²) < 4.78 is 0. The van der Waals surface area contributed by atoms with Crippen LogP contribution in [0.5, 0.6) is 0 Å². The maximum atomic E-state index is 12.5. The molecule has 3 atom stereocenters. The average Bonchev–Trinajstić information content (AvgIpc) is 2.54. The summed E-state index contributed by atoms with van der Waals surface area (Å²) in [7, 11) is 0. The lowest BCUT2D eigenvalue weighted by atomic mass is 10.0. The van der Waals surface area contributed by atoms with E-state index >= 15 is 0 Å². The molecule has 0 aliphatic heterocycles. The van der Waals surface area contributed by atoms with E-state index in [9.17, 15) is 19.2 Å². The van der Waals surface area contributed by atoms with Gasteiger partial charge in [-0.25, -0.2) is 0 Å². The van der Waals surface area contributed by atoms with Crippen LogP contribution in [0.2, 0.25) is 0 Å². The van der Waals surface area contributed by atoms with Gasteiger partial charge in [0.25, 0.3) is 0 Å². The minimum Gasteiger partial charge on any atom is -0.386 e. The molecule has 8 N–H and O–H groups in total. The molecule has 10 heteroatoms. The van der Waals surface area contributed by atoms with Gasteiger partial charge in [-0.05, 0) is 25.7 Å². The van der Waals surface area contributed by atoms with Gasteiger partial charge in [0.05, 0.1) is 5.82 Å². The van der Waals surface area contributed by atoms with E-state index in [0.717, 1.165) is 0 Å². The molecule has 0 aliphatic carbocycles. The van der Waals surface area contributed by atoms with E-state index in [2.05, 4.69) is 27.8 Å². The predicted octanol–water partition coefficient (Wildman–Crippen LogP) is -1.58. The SMILES string of the molecule is C=C(N)NCCC[C@H](NC(=O)[C@@H](NC(C)=O)C(C)C)C(=O)N[C@@H](C)C(N)=O. The molecule has 0 aromatic heterocycles. The van der Waals surface area contributed by atoms with Crippen molar-refractivity contribution in [1.82, 2.24) is 21.3 Å². The first-order valence-electron chi connectivity index (χ1n) is 8.81. The average molecular weight is 384 g/mol. The fourth-order valence-electron chi connectivity index (χ4n) is 2.22. The number of nitrogens with two attached hydrogens (primary N) is 2. The van der Waals surface area contributed by atoms with Gasteiger partial charge >= 0.3 is 0 Å². The molecule has 0 spiro atoms. The van der Waals surface area contributed by atoms with Crippen molar-refractivity contribution < 1.29 is 19.2 Å². The normalized spacial score (nSPS) is 13.8. The summed E-state index contributed by atoms with van der Waals surface area (Å²) in [6.07, 6.45) is 0.792. The summed E-state index contributed by atoms with van der Waals surface area (Å²) in [5.74, 6) is -1.93. The van der Waals surface area contributed by atoms with Gasteiger partial charge in [-0.3, -0.25) is 19.2 Å². The molecule has 0 bridgehead atoms. The molecule has 0 saturated heterocycles.